The van der Waals surface area contributed by atoms with Crippen molar-refractivity contribution in [1.82, 2.24) is 15.3 Å². The van der Waals surface area contributed by atoms with Gasteiger partial charge in [-0.1, -0.05) is 5.11 Å². The highest BCUT2D eigenvalue weighted by molar-refractivity contribution is 6.05. The highest BCUT2D eigenvalue weighted by Gasteiger charge is 2.25. The van der Waals surface area contributed by atoms with Gasteiger partial charge in [-0.15, -0.1) is 0 Å². The van der Waals surface area contributed by atoms with Gasteiger partial charge >= 0.3 is 6.03 Å². The second-order valence-corrected chi connectivity index (χ2v) is 3.51. The normalized spacial score (nSPS) is 15.0. The second kappa shape index (κ2) is 5.11. The first-order chi connectivity index (χ1) is 8.70. The van der Waals surface area contributed by atoms with E-state index in [2.05, 4.69) is 25.3 Å². The van der Waals surface area contributed by atoms with Crippen LogP contribution in [0.3, 0.4) is 0 Å². The fourth-order valence-corrected chi connectivity index (χ4v) is 1.49. The van der Waals surface area contributed by atoms with E-state index in [4.69, 9.17) is 5.53 Å². The number of urea groups is 1. The molecule has 9 heteroatoms. The zero-order valence-corrected chi connectivity index (χ0v) is 9.28. The SMILES string of the molecule is [N-]=[N+]=NCc1cncc(N2CCC(=O)NC2=O)n1. The maximum Gasteiger partial charge on any atom is 0.329 e. The fraction of sp³-hybridized carbons (Fsp3) is 0.333. The summed E-state index contributed by atoms with van der Waals surface area (Å²) >= 11 is 0. The molecule has 1 aliphatic rings. The van der Waals surface area contributed by atoms with E-state index in [0.29, 0.717) is 11.5 Å². The third kappa shape index (κ3) is 2.53. The van der Waals surface area contributed by atoms with Gasteiger partial charge in [-0.05, 0) is 5.53 Å². The van der Waals surface area contributed by atoms with Gasteiger partial charge in [0.25, 0.3) is 0 Å². The number of imide groups is 1. The van der Waals surface area contributed by atoms with Crippen molar-refractivity contribution in [3.63, 3.8) is 0 Å². The molecule has 18 heavy (non-hydrogen) atoms. The van der Waals surface area contributed by atoms with Crippen molar-refractivity contribution < 1.29 is 9.59 Å². The van der Waals surface area contributed by atoms with E-state index in [1.165, 1.54) is 17.3 Å². The van der Waals surface area contributed by atoms with Crippen LogP contribution in [-0.4, -0.2) is 28.5 Å². The van der Waals surface area contributed by atoms with Gasteiger partial charge in [-0.2, -0.15) is 0 Å². The lowest BCUT2D eigenvalue weighted by Crippen LogP contribution is -2.50. The summed E-state index contributed by atoms with van der Waals surface area (Å²) in [6, 6.07) is -0.526. The number of aromatic nitrogens is 2. The average molecular weight is 247 g/mol. The molecule has 1 saturated heterocycles. The maximum absolute atomic E-state index is 11.6. The number of anilines is 1. The molecule has 0 saturated carbocycles. The summed E-state index contributed by atoms with van der Waals surface area (Å²) in [5.41, 5.74) is 8.67. The molecular formula is C9H9N7O2. The van der Waals surface area contributed by atoms with Crippen LogP contribution in [0.1, 0.15) is 12.1 Å². The van der Waals surface area contributed by atoms with Crippen LogP contribution in [0.25, 0.3) is 10.4 Å². The molecule has 3 amide bonds. The van der Waals surface area contributed by atoms with Crippen LogP contribution in [-0.2, 0) is 11.3 Å². The molecule has 0 aliphatic carbocycles. The monoisotopic (exact) mass is 247 g/mol. The highest BCUT2D eigenvalue weighted by atomic mass is 16.2. The van der Waals surface area contributed by atoms with Crippen molar-refractivity contribution in [2.24, 2.45) is 5.11 Å². The molecule has 1 aliphatic heterocycles. The Kier molecular flexibility index (Phi) is 3.35. The predicted molar refractivity (Wildman–Crippen MR) is 60.4 cm³/mol. The van der Waals surface area contributed by atoms with Crippen LogP contribution in [0.2, 0.25) is 0 Å². The van der Waals surface area contributed by atoms with Crippen LogP contribution in [0.4, 0.5) is 10.6 Å². The molecule has 2 rings (SSSR count). The minimum absolute atomic E-state index is 0.0612. The lowest BCUT2D eigenvalue weighted by Gasteiger charge is -2.25. The lowest BCUT2D eigenvalue weighted by molar-refractivity contribution is -0.120. The Morgan fingerprint density at radius 1 is 1.50 bits per heavy atom. The lowest BCUT2D eigenvalue weighted by atomic mass is 10.3. The highest BCUT2D eigenvalue weighted by Crippen LogP contribution is 2.13. The Morgan fingerprint density at radius 3 is 3.06 bits per heavy atom. The smallest absolute Gasteiger partial charge is 0.278 e. The van der Waals surface area contributed by atoms with E-state index in [0.717, 1.165) is 0 Å². The van der Waals surface area contributed by atoms with Crippen LogP contribution in [0, 0.1) is 0 Å². The number of carbonyl (C=O) groups is 2. The van der Waals surface area contributed by atoms with Gasteiger partial charge in [0, 0.05) is 24.1 Å². The van der Waals surface area contributed by atoms with Crippen molar-refractivity contribution >= 4 is 17.8 Å². The summed E-state index contributed by atoms with van der Waals surface area (Å²) in [6.45, 7) is 0.316. The van der Waals surface area contributed by atoms with Crippen LogP contribution < -0.4 is 10.2 Å². The van der Waals surface area contributed by atoms with E-state index in [1.54, 1.807) is 0 Å². The Morgan fingerprint density at radius 2 is 2.33 bits per heavy atom. The number of hydrogen-bond acceptors (Lipinski definition) is 5. The zero-order valence-electron chi connectivity index (χ0n) is 9.28. The quantitative estimate of drug-likeness (QED) is 0.480. The molecule has 1 N–H and O–H groups in total. The Labute approximate surface area is 101 Å². The predicted octanol–water partition coefficient (Wildman–Crippen LogP) is 0.733. The fourth-order valence-electron chi connectivity index (χ4n) is 1.49. The summed E-state index contributed by atoms with van der Waals surface area (Å²) in [5.74, 6) is 0.0140. The maximum atomic E-state index is 11.6. The second-order valence-electron chi connectivity index (χ2n) is 3.51. The van der Waals surface area contributed by atoms with Gasteiger partial charge in [-0.25, -0.2) is 9.78 Å². The van der Waals surface area contributed by atoms with Crippen molar-refractivity contribution in [3.05, 3.63) is 28.5 Å². The Balaban J connectivity index is 2.20. The van der Waals surface area contributed by atoms with E-state index < -0.39 is 6.03 Å². The van der Waals surface area contributed by atoms with Gasteiger partial charge in [0.05, 0.1) is 18.4 Å². The summed E-state index contributed by atoms with van der Waals surface area (Å²) in [7, 11) is 0. The Hall–Kier alpha value is -2.67. The molecule has 0 bridgehead atoms. The minimum Gasteiger partial charge on any atom is -0.278 e. The molecule has 0 spiro atoms. The molecule has 1 fully saturated rings. The molecule has 1 aromatic rings. The first kappa shape index (κ1) is 11.8. The molecule has 92 valence electrons. The molecule has 9 nitrogen and oxygen atoms in total. The third-order valence-corrected chi connectivity index (χ3v) is 2.30. The van der Waals surface area contributed by atoms with Gasteiger partial charge < -0.3 is 0 Å². The van der Waals surface area contributed by atoms with Gasteiger partial charge in [0.1, 0.15) is 0 Å². The minimum atomic E-state index is -0.526. The van der Waals surface area contributed by atoms with Crippen molar-refractivity contribution in [1.29, 1.82) is 0 Å². The first-order valence-electron chi connectivity index (χ1n) is 5.14. The molecular weight excluding hydrogens is 238 g/mol. The van der Waals surface area contributed by atoms with Gasteiger partial charge in [0.15, 0.2) is 5.82 Å². The molecule has 0 atom stereocenters. The standard InChI is InChI=1S/C9H9N7O2/c10-15-12-4-6-3-11-5-7(13-6)16-2-1-8(17)14-9(16)18/h3,5H,1-2,4H2,(H,14,17,18). The molecule has 0 radical (unpaired) electrons. The van der Waals surface area contributed by atoms with Crippen molar-refractivity contribution in [3.8, 4) is 0 Å². The van der Waals surface area contributed by atoms with Crippen LogP contribution >= 0.6 is 0 Å². The van der Waals surface area contributed by atoms with E-state index in [1.807, 2.05) is 0 Å². The molecule has 1 aromatic heterocycles. The van der Waals surface area contributed by atoms with Crippen LogP contribution in [0.5, 0.6) is 0 Å². The third-order valence-electron chi connectivity index (χ3n) is 2.30. The molecule has 0 unspecified atom stereocenters. The van der Waals surface area contributed by atoms with E-state index >= 15 is 0 Å². The number of rotatable bonds is 3. The summed E-state index contributed by atoms with van der Waals surface area (Å²) in [5, 5.41) is 5.55. The van der Waals surface area contributed by atoms with Crippen LogP contribution in [0.15, 0.2) is 17.5 Å². The topological polar surface area (TPSA) is 124 Å². The number of nitrogens with zero attached hydrogens (tertiary/aromatic N) is 6. The molecule has 0 aromatic carbocycles. The van der Waals surface area contributed by atoms with Gasteiger partial charge in [-0.3, -0.25) is 20.0 Å². The summed E-state index contributed by atoms with van der Waals surface area (Å²) in [6.07, 6.45) is 3.08. The largest absolute Gasteiger partial charge is 0.329 e. The first-order valence-corrected chi connectivity index (χ1v) is 5.14. The van der Waals surface area contributed by atoms with Gasteiger partial charge in [0.2, 0.25) is 5.91 Å². The van der Waals surface area contributed by atoms with E-state index in [9.17, 15) is 9.59 Å². The zero-order chi connectivity index (χ0) is 13.0. The Bertz CT molecular complexity index is 537. The summed E-state index contributed by atoms with van der Waals surface area (Å²) in [4.78, 5) is 34.6. The number of hydrogen-bond donors (Lipinski definition) is 1. The van der Waals surface area contributed by atoms with Crippen molar-refractivity contribution in [2.45, 2.75) is 13.0 Å². The molecule has 2 heterocycles. The average Bonchev–Trinajstić information content (AvgIpc) is 2.36. The summed E-state index contributed by atoms with van der Waals surface area (Å²) < 4.78 is 0. The number of nitrogens with one attached hydrogen (secondary N) is 1. The number of carbonyl (C=O) groups excluding carboxylic acids is 2. The van der Waals surface area contributed by atoms with Crippen molar-refractivity contribution in [2.75, 3.05) is 11.4 Å². The number of amides is 3. The number of azide groups is 1. The van der Waals surface area contributed by atoms with E-state index in [-0.39, 0.29) is 25.4 Å².